The first-order chi connectivity index (χ1) is 18.5. The molecule has 2 aromatic heterocycles. The van der Waals surface area contributed by atoms with Crippen LogP contribution in [0.4, 0.5) is 21.6 Å². The highest BCUT2D eigenvalue weighted by Gasteiger charge is 2.54. The van der Waals surface area contributed by atoms with Gasteiger partial charge >= 0.3 is 0 Å². The molecule has 2 fully saturated rings. The summed E-state index contributed by atoms with van der Waals surface area (Å²) in [5.41, 5.74) is 2.24. The molecule has 3 aromatic rings. The first kappa shape index (κ1) is 28.0. The van der Waals surface area contributed by atoms with Gasteiger partial charge < -0.3 is 14.7 Å². The van der Waals surface area contributed by atoms with Gasteiger partial charge in [-0.15, -0.1) is 12.4 Å². The van der Waals surface area contributed by atoms with E-state index in [0.29, 0.717) is 41.4 Å². The highest BCUT2D eigenvalue weighted by atomic mass is 35.5. The van der Waals surface area contributed by atoms with Gasteiger partial charge in [0.2, 0.25) is 15.9 Å². The third kappa shape index (κ3) is 4.24. The van der Waals surface area contributed by atoms with Crippen molar-refractivity contribution in [3.05, 3.63) is 42.0 Å². The van der Waals surface area contributed by atoms with Crippen LogP contribution >= 0.6 is 12.4 Å². The van der Waals surface area contributed by atoms with Crippen molar-refractivity contribution < 1.29 is 17.6 Å². The molecule has 1 saturated carbocycles. The molecule has 1 aromatic carbocycles. The number of carbonyl (C=O) groups is 1. The van der Waals surface area contributed by atoms with E-state index in [4.69, 9.17) is 5.26 Å². The van der Waals surface area contributed by atoms with Crippen LogP contribution in [0.5, 0.6) is 0 Å². The van der Waals surface area contributed by atoms with E-state index >= 15 is 4.39 Å². The minimum Gasteiger partial charge on any atom is -0.352 e. The molecule has 6 rings (SSSR count). The highest BCUT2D eigenvalue weighted by Crippen LogP contribution is 2.55. The second kappa shape index (κ2) is 9.83. The van der Waals surface area contributed by atoms with E-state index in [1.165, 1.54) is 12.3 Å². The number of hydrogen-bond donors (Lipinski definition) is 1. The van der Waals surface area contributed by atoms with Crippen LogP contribution in [0.25, 0.3) is 22.0 Å². The third-order valence-corrected chi connectivity index (χ3v) is 9.33. The van der Waals surface area contributed by atoms with Crippen LogP contribution in [-0.2, 0) is 20.2 Å². The molecule has 13 heteroatoms. The molecule has 2 aliphatic heterocycles. The summed E-state index contributed by atoms with van der Waals surface area (Å²) in [7, 11) is 1.73. The maximum absolute atomic E-state index is 15.5. The number of nitriles is 1. The summed E-state index contributed by atoms with van der Waals surface area (Å²) in [6.45, 7) is 1.30. The molecular formula is C27H29ClFN7O3S. The molecule has 1 amide bonds. The molecule has 4 heterocycles. The number of nitrogens with zero attached hydrogens (tertiary/aromatic N) is 6. The Morgan fingerprint density at radius 1 is 1.20 bits per heavy atom. The van der Waals surface area contributed by atoms with Gasteiger partial charge in [0, 0.05) is 60.5 Å². The number of likely N-dealkylation sites (N-methyl/N-ethyl adjacent to an activating group) is 2. The third-order valence-electron chi connectivity index (χ3n) is 8.29. The van der Waals surface area contributed by atoms with E-state index in [2.05, 4.69) is 19.6 Å². The number of halogens is 2. The molecule has 1 spiro atoms. The van der Waals surface area contributed by atoms with Crippen molar-refractivity contribution in [3.63, 3.8) is 0 Å². The Balaban J connectivity index is 0.00000323. The molecule has 210 valence electrons. The van der Waals surface area contributed by atoms with Gasteiger partial charge in [0.25, 0.3) is 0 Å². The van der Waals surface area contributed by atoms with Gasteiger partial charge in [-0.2, -0.15) is 5.26 Å². The van der Waals surface area contributed by atoms with Gasteiger partial charge in [0.1, 0.15) is 5.82 Å². The summed E-state index contributed by atoms with van der Waals surface area (Å²) < 4.78 is 43.1. The fraction of sp³-hybridized carbons (Fsp3) is 0.407. The summed E-state index contributed by atoms with van der Waals surface area (Å²) in [5.74, 6) is -0.798. The van der Waals surface area contributed by atoms with E-state index < -0.39 is 27.0 Å². The van der Waals surface area contributed by atoms with Gasteiger partial charge in [-0.25, -0.2) is 17.8 Å². The monoisotopic (exact) mass is 585 g/mol. The van der Waals surface area contributed by atoms with Gasteiger partial charge in [0.05, 0.1) is 34.6 Å². The van der Waals surface area contributed by atoms with E-state index in [9.17, 15) is 13.2 Å². The Labute approximate surface area is 238 Å². The Kier molecular flexibility index (Phi) is 6.89. The van der Waals surface area contributed by atoms with E-state index in [1.807, 2.05) is 19.0 Å². The van der Waals surface area contributed by atoms with Crippen LogP contribution in [0.2, 0.25) is 0 Å². The van der Waals surface area contributed by atoms with Gasteiger partial charge in [-0.1, -0.05) is 6.42 Å². The van der Waals surface area contributed by atoms with Crippen molar-refractivity contribution >= 4 is 56.4 Å². The molecule has 1 saturated heterocycles. The molecule has 10 nitrogen and oxygen atoms in total. The lowest BCUT2D eigenvalue weighted by atomic mass is 9.64. The average Bonchev–Trinajstić information content (AvgIpc) is 3.05. The van der Waals surface area contributed by atoms with Crippen LogP contribution in [0.15, 0.2) is 30.6 Å². The second-order valence-corrected chi connectivity index (χ2v) is 12.5. The topological polar surface area (TPSA) is 123 Å². The number of hydrogen-bond acceptors (Lipinski definition) is 8. The first-order valence-corrected chi connectivity index (χ1v) is 14.4. The second-order valence-electron chi connectivity index (χ2n) is 10.8. The van der Waals surface area contributed by atoms with Crippen molar-refractivity contribution in [1.29, 1.82) is 5.26 Å². The normalized spacial score (nSPS) is 17.9. The molecule has 0 unspecified atom stereocenters. The number of pyridine rings is 2. The number of benzene rings is 1. The lowest BCUT2D eigenvalue weighted by Gasteiger charge is -2.44. The van der Waals surface area contributed by atoms with Crippen LogP contribution < -0.4 is 14.5 Å². The molecule has 1 N–H and O–H groups in total. The summed E-state index contributed by atoms with van der Waals surface area (Å²) in [6.07, 6.45) is 5.57. The summed E-state index contributed by atoms with van der Waals surface area (Å²) in [5, 5.41) is 9.68. The Morgan fingerprint density at radius 2 is 1.93 bits per heavy atom. The van der Waals surface area contributed by atoms with Crippen molar-refractivity contribution in [2.45, 2.75) is 30.7 Å². The van der Waals surface area contributed by atoms with Crippen molar-refractivity contribution in [2.75, 3.05) is 54.5 Å². The zero-order valence-electron chi connectivity index (χ0n) is 22.3. The van der Waals surface area contributed by atoms with Crippen LogP contribution in [0, 0.1) is 17.1 Å². The maximum atomic E-state index is 15.5. The molecule has 0 bridgehead atoms. The molecular weight excluding hydrogens is 557 g/mol. The molecule has 1 aliphatic carbocycles. The highest BCUT2D eigenvalue weighted by molar-refractivity contribution is 7.92. The molecule has 0 atom stereocenters. The van der Waals surface area contributed by atoms with E-state index in [1.54, 1.807) is 36.3 Å². The quantitative estimate of drug-likeness (QED) is 0.468. The number of anilines is 3. The number of nitrogens with one attached hydrogen (secondary N) is 1. The largest absolute Gasteiger partial charge is 0.352 e. The standard InChI is InChI=1S/C27H28FN7O3S.ClH/c1-33(2)17-14-35(15-17)25-22(32-39(37,38)8-7-29)9-16(12-31-25)18-10-19-21(11-20(18)28)30-13-23-24(19)27(5-4-6-27)26(36)34(23)3;/h9-13,17,32H,4-6,8,14-15H2,1-3H3;1H. The lowest BCUT2D eigenvalue weighted by molar-refractivity contribution is -0.125. The fourth-order valence-electron chi connectivity index (χ4n) is 5.89. The summed E-state index contributed by atoms with van der Waals surface area (Å²) >= 11 is 0. The number of aromatic nitrogens is 2. The summed E-state index contributed by atoms with van der Waals surface area (Å²) in [4.78, 5) is 27.8. The van der Waals surface area contributed by atoms with Gasteiger partial charge in [-0.3, -0.25) is 14.5 Å². The number of sulfonamides is 1. The smallest absolute Gasteiger partial charge is 0.246 e. The SMILES string of the molecule is CN1C(=O)C2(CCC2)c2c1cnc1cc(F)c(-c3cnc(N4CC(N(C)C)C4)c(NS(=O)(=O)CC#N)c3)cc21.Cl. The number of amides is 1. The zero-order chi connectivity index (χ0) is 27.7. The first-order valence-electron chi connectivity index (χ1n) is 12.7. The lowest BCUT2D eigenvalue weighted by Crippen LogP contribution is -2.57. The summed E-state index contributed by atoms with van der Waals surface area (Å²) in [6, 6.07) is 6.55. The van der Waals surface area contributed by atoms with E-state index in [0.717, 1.165) is 30.5 Å². The Hall–Kier alpha value is -3.53. The van der Waals surface area contributed by atoms with Gasteiger partial charge in [-0.05, 0) is 39.1 Å². The fourth-order valence-corrected chi connectivity index (χ4v) is 6.62. The van der Waals surface area contributed by atoms with Crippen molar-refractivity contribution in [1.82, 2.24) is 14.9 Å². The maximum Gasteiger partial charge on any atom is 0.246 e. The van der Waals surface area contributed by atoms with Crippen LogP contribution in [0.3, 0.4) is 0 Å². The Bertz CT molecular complexity index is 1680. The number of rotatable bonds is 6. The minimum atomic E-state index is -3.96. The van der Waals surface area contributed by atoms with Crippen LogP contribution in [-0.4, -0.2) is 75.2 Å². The number of fused-ring (bicyclic) bond motifs is 4. The minimum absolute atomic E-state index is 0. The molecule has 0 radical (unpaired) electrons. The predicted molar refractivity (Wildman–Crippen MR) is 154 cm³/mol. The van der Waals surface area contributed by atoms with Crippen molar-refractivity contribution in [3.8, 4) is 17.2 Å². The van der Waals surface area contributed by atoms with E-state index in [-0.39, 0.29) is 29.6 Å². The number of carbonyl (C=O) groups excluding carboxylic acids is 1. The Morgan fingerprint density at radius 3 is 2.55 bits per heavy atom. The zero-order valence-corrected chi connectivity index (χ0v) is 23.9. The molecule has 40 heavy (non-hydrogen) atoms. The average molecular weight is 586 g/mol. The van der Waals surface area contributed by atoms with Gasteiger partial charge in [0.15, 0.2) is 11.6 Å². The van der Waals surface area contributed by atoms with Crippen molar-refractivity contribution in [2.24, 2.45) is 0 Å². The predicted octanol–water partition coefficient (Wildman–Crippen LogP) is 3.27. The van der Waals surface area contributed by atoms with Crippen LogP contribution in [0.1, 0.15) is 24.8 Å². The molecule has 3 aliphatic rings.